The smallest absolute Gasteiger partial charge is 0.433 e. The number of carbonyl (C=O) groups excluding carboxylic acids is 1. The van der Waals surface area contributed by atoms with Crippen LogP contribution in [0.3, 0.4) is 0 Å². The number of benzene rings is 1. The quantitative estimate of drug-likeness (QED) is 0.817. The molecule has 26 heavy (non-hydrogen) atoms. The van der Waals surface area contributed by atoms with Crippen molar-refractivity contribution < 1.29 is 27.4 Å². The lowest BCUT2D eigenvalue weighted by Gasteiger charge is -2.39. The Morgan fingerprint density at radius 2 is 2.00 bits per heavy atom. The molecule has 1 aliphatic rings. The molecule has 0 bridgehead atoms. The summed E-state index contributed by atoms with van der Waals surface area (Å²) in [6.45, 7) is 0.662. The first-order chi connectivity index (χ1) is 12.4. The van der Waals surface area contributed by atoms with Crippen LogP contribution in [0.2, 0.25) is 0 Å². The van der Waals surface area contributed by atoms with Crippen molar-refractivity contribution in [2.45, 2.75) is 18.7 Å². The zero-order valence-electron chi connectivity index (χ0n) is 14.0. The van der Waals surface area contributed by atoms with Crippen molar-refractivity contribution in [3.63, 3.8) is 0 Å². The van der Waals surface area contributed by atoms with E-state index in [0.717, 1.165) is 17.8 Å². The number of ether oxygens (including phenoxy) is 2. The minimum Gasteiger partial charge on any atom is -0.496 e. The van der Waals surface area contributed by atoms with Crippen molar-refractivity contribution in [2.75, 3.05) is 20.2 Å². The first-order valence-electron chi connectivity index (χ1n) is 7.96. The Morgan fingerprint density at radius 3 is 2.69 bits per heavy atom. The predicted octanol–water partition coefficient (Wildman–Crippen LogP) is 2.94. The third-order valence-electron chi connectivity index (χ3n) is 4.06. The number of hydrogen-bond acceptors (Lipinski definition) is 4. The molecule has 1 fully saturated rings. The fourth-order valence-electron chi connectivity index (χ4n) is 2.67. The van der Waals surface area contributed by atoms with Gasteiger partial charge in [-0.2, -0.15) is 13.2 Å². The lowest BCUT2D eigenvalue weighted by molar-refractivity contribution is -0.141. The molecule has 1 aromatic heterocycles. The van der Waals surface area contributed by atoms with Crippen molar-refractivity contribution in [3.05, 3.63) is 53.9 Å². The summed E-state index contributed by atoms with van der Waals surface area (Å²) in [6.07, 6.45) is -3.60. The van der Waals surface area contributed by atoms with E-state index < -0.39 is 11.9 Å². The van der Waals surface area contributed by atoms with Gasteiger partial charge in [-0.1, -0.05) is 18.2 Å². The average molecular weight is 366 g/mol. The van der Waals surface area contributed by atoms with E-state index >= 15 is 0 Å². The monoisotopic (exact) mass is 366 g/mol. The summed E-state index contributed by atoms with van der Waals surface area (Å²) in [6, 6.07) is 9.49. The number of pyridine rings is 1. The van der Waals surface area contributed by atoms with Gasteiger partial charge < -0.3 is 14.4 Å². The molecule has 0 radical (unpaired) electrons. The maximum atomic E-state index is 12.7. The van der Waals surface area contributed by atoms with Gasteiger partial charge in [0.2, 0.25) is 5.91 Å². The van der Waals surface area contributed by atoms with Gasteiger partial charge in [0.05, 0.1) is 26.6 Å². The zero-order chi connectivity index (χ0) is 18.7. The first kappa shape index (κ1) is 18.0. The highest BCUT2D eigenvalue weighted by molar-refractivity contribution is 5.80. The van der Waals surface area contributed by atoms with Gasteiger partial charge in [-0.25, -0.2) is 0 Å². The highest BCUT2D eigenvalue weighted by Crippen LogP contribution is 2.30. The Morgan fingerprint density at radius 1 is 1.27 bits per heavy atom. The summed E-state index contributed by atoms with van der Waals surface area (Å²) < 4.78 is 48.7. The molecule has 3 rings (SSSR count). The molecule has 1 amide bonds. The van der Waals surface area contributed by atoms with Gasteiger partial charge in [0, 0.05) is 17.8 Å². The SMILES string of the molecule is COc1ccccc1CC(=O)N1CC(Oc2ccnc(C(F)(F)F)c2)C1. The van der Waals surface area contributed by atoms with Crippen molar-refractivity contribution in [1.82, 2.24) is 9.88 Å². The molecular weight excluding hydrogens is 349 g/mol. The molecule has 0 saturated carbocycles. The molecule has 5 nitrogen and oxygen atoms in total. The lowest BCUT2D eigenvalue weighted by Crippen LogP contribution is -2.56. The lowest BCUT2D eigenvalue weighted by atomic mass is 10.1. The van der Waals surface area contributed by atoms with Crippen LogP contribution in [0.25, 0.3) is 0 Å². The number of aromatic nitrogens is 1. The number of methoxy groups -OCH3 is 1. The Balaban J connectivity index is 1.54. The fourth-order valence-corrected chi connectivity index (χ4v) is 2.67. The molecule has 0 unspecified atom stereocenters. The molecule has 0 spiro atoms. The van der Waals surface area contributed by atoms with E-state index in [4.69, 9.17) is 9.47 Å². The number of likely N-dealkylation sites (tertiary alicyclic amines) is 1. The number of halogens is 3. The van der Waals surface area contributed by atoms with Crippen LogP contribution < -0.4 is 9.47 Å². The van der Waals surface area contributed by atoms with Crippen LogP contribution >= 0.6 is 0 Å². The Hall–Kier alpha value is -2.77. The minimum absolute atomic E-state index is 0.0833. The standard InChI is InChI=1S/C18H17F3N2O3/c1-25-15-5-3-2-4-12(15)8-17(24)23-10-14(11-23)26-13-6-7-22-16(9-13)18(19,20)21/h2-7,9,14H,8,10-11H2,1H3. The molecule has 2 aromatic rings. The molecule has 1 saturated heterocycles. The maximum absolute atomic E-state index is 12.7. The topological polar surface area (TPSA) is 51.7 Å². The van der Waals surface area contributed by atoms with E-state index in [1.165, 1.54) is 6.07 Å². The molecule has 2 heterocycles. The maximum Gasteiger partial charge on any atom is 0.433 e. The normalized spacial score (nSPS) is 14.7. The van der Waals surface area contributed by atoms with Gasteiger partial charge in [-0.05, 0) is 12.1 Å². The molecule has 0 N–H and O–H groups in total. The number of nitrogens with zero attached hydrogens (tertiary/aromatic N) is 2. The number of para-hydroxylation sites is 1. The third-order valence-corrected chi connectivity index (χ3v) is 4.06. The summed E-state index contributed by atoms with van der Waals surface area (Å²) >= 11 is 0. The van der Waals surface area contributed by atoms with Crippen LogP contribution in [0.1, 0.15) is 11.3 Å². The first-order valence-corrected chi connectivity index (χ1v) is 7.96. The van der Waals surface area contributed by atoms with Gasteiger partial charge >= 0.3 is 6.18 Å². The molecule has 1 aromatic carbocycles. The fraction of sp³-hybridized carbons (Fsp3) is 0.333. The van der Waals surface area contributed by atoms with Crippen molar-refractivity contribution >= 4 is 5.91 Å². The summed E-state index contributed by atoms with van der Waals surface area (Å²) in [4.78, 5) is 17.2. The minimum atomic E-state index is -4.52. The molecule has 1 aliphatic heterocycles. The number of alkyl halides is 3. The number of carbonyl (C=O) groups is 1. The Kier molecular flexibility index (Phi) is 5.01. The van der Waals surface area contributed by atoms with Gasteiger partial charge in [0.15, 0.2) is 0 Å². The molecule has 8 heteroatoms. The zero-order valence-corrected chi connectivity index (χ0v) is 14.0. The predicted molar refractivity (Wildman–Crippen MR) is 86.9 cm³/mol. The van der Waals surface area contributed by atoms with Crippen LogP contribution in [-0.2, 0) is 17.4 Å². The van der Waals surface area contributed by atoms with Crippen molar-refractivity contribution in [1.29, 1.82) is 0 Å². The van der Waals surface area contributed by atoms with E-state index in [9.17, 15) is 18.0 Å². The van der Waals surface area contributed by atoms with Gasteiger partial charge in [0.1, 0.15) is 23.3 Å². The van der Waals surface area contributed by atoms with Crippen molar-refractivity contribution in [2.24, 2.45) is 0 Å². The average Bonchev–Trinajstić information content (AvgIpc) is 2.57. The highest BCUT2D eigenvalue weighted by Gasteiger charge is 2.35. The largest absolute Gasteiger partial charge is 0.496 e. The molecule has 138 valence electrons. The number of hydrogen-bond donors (Lipinski definition) is 0. The third kappa shape index (κ3) is 4.07. The van der Waals surface area contributed by atoms with E-state index in [1.807, 2.05) is 18.2 Å². The van der Waals surface area contributed by atoms with E-state index in [2.05, 4.69) is 4.98 Å². The number of rotatable bonds is 5. The second kappa shape index (κ2) is 7.23. The summed E-state index contributed by atoms with van der Waals surface area (Å²) in [5.74, 6) is 0.653. The Bertz CT molecular complexity index is 789. The van der Waals surface area contributed by atoms with Gasteiger partial charge in [-0.3, -0.25) is 9.78 Å². The van der Waals surface area contributed by atoms with Crippen LogP contribution in [0.5, 0.6) is 11.5 Å². The van der Waals surface area contributed by atoms with Gasteiger partial charge in [-0.15, -0.1) is 0 Å². The van der Waals surface area contributed by atoms with Crippen LogP contribution in [0, 0.1) is 0 Å². The van der Waals surface area contributed by atoms with Gasteiger partial charge in [0.25, 0.3) is 0 Å². The van der Waals surface area contributed by atoms with E-state index in [-0.39, 0.29) is 24.2 Å². The van der Waals surface area contributed by atoms with Crippen molar-refractivity contribution in [3.8, 4) is 11.5 Å². The molecule has 0 aliphatic carbocycles. The molecular formula is C18H17F3N2O3. The Labute approximate surface area is 148 Å². The number of amides is 1. The van der Waals surface area contributed by atoms with E-state index in [0.29, 0.717) is 18.8 Å². The summed E-state index contributed by atoms with van der Waals surface area (Å²) in [7, 11) is 1.54. The van der Waals surface area contributed by atoms with Crippen LogP contribution in [-0.4, -0.2) is 42.1 Å². The summed E-state index contributed by atoms with van der Waals surface area (Å²) in [5.41, 5.74) is -0.216. The summed E-state index contributed by atoms with van der Waals surface area (Å²) in [5, 5.41) is 0. The highest BCUT2D eigenvalue weighted by atomic mass is 19.4. The van der Waals surface area contributed by atoms with E-state index in [1.54, 1.807) is 18.1 Å². The van der Waals surface area contributed by atoms with Crippen LogP contribution in [0.4, 0.5) is 13.2 Å². The second-order valence-electron chi connectivity index (χ2n) is 5.90. The van der Waals surface area contributed by atoms with Crippen LogP contribution in [0.15, 0.2) is 42.6 Å². The molecule has 0 atom stereocenters. The second-order valence-corrected chi connectivity index (χ2v) is 5.90.